The maximum Gasteiger partial charge on any atom is 0.161 e. The largest absolute Gasteiger partial charge is 0.456 e. The zero-order chi connectivity index (χ0) is 33.8. The van der Waals surface area contributed by atoms with Gasteiger partial charge in [-0.15, -0.1) is 0 Å². The molecule has 0 fully saturated rings. The van der Waals surface area contributed by atoms with Crippen LogP contribution in [0.1, 0.15) is 30.5 Å². The highest BCUT2D eigenvalue weighted by molar-refractivity contribution is 5.96. The molecule has 7 aromatic carbocycles. The molecule has 0 bridgehead atoms. The van der Waals surface area contributed by atoms with Gasteiger partial charge in [0.05, 0.1) is 22.8 Å². The van der Waals surface area contributed by atoms with Crippen molar-refractivity contribution in [3.8, 4) is 62.5 Å². The number of benzene rings is 7. The van der Waals surface area contributed by atoms with Crippen molar-refractivity contribution in [2.45, 2.75) is 19.3 Å². The molecule has 0 radical (unpaired) electrons. The predicted molar refractivity (Wildman–Crippen MR) is 202 cm³/mol. The quantitative estimate of drug-likeness (QED) is 0.192. The molecule has 0 aliphatic carbocycles. The van der Waals surface area contributed by atoms with Crippen molar-refractivity contribution in [2.75, 3.05) is 0 Å². The molecule has 4 nitrogen and oxygen atoms in total. The zero-order valence-corrected chi connectivity index (χ0v) is 27.7. The van der Waals surface area contributed by atoms with Gasteiger partial charge in [-0.05, 0) is 51.7 Å². The third-order valence-electron chi connectivity index (χ3n) is 9.97. The topological polar surface area (TPSA) is 58.8 Å². The van der Waals surface area contributed by atoms with Crippen LogP contribution in [0.5, 0.6) is 11.5 Å². The van der Waals surface area contributed by atoms with Crippen molar-refractivity contribution in [2.24, 2.45) is 0 Å². The maximum absolute atomic E-state index is 9.93. The van der Waals surface area contributed by atoms with Crippen LogP contribution in [0.2, 0.25) is 0 Å². The Morgan fingerprint density at radius 3 is 2.10 bits per heavy atom. The van der Waals surface area contributed by atoms with Gasteiger partial charge in [-0.2, -0.15) is 5.26 Å². The summed E-state index contributed by atoms with van der Waals surface area (Å²) >= 11 is 0. The molecule has 0 saturated heterocycles. The Bertz CT molecular complexity index is 2670. The van der Waals surface area contributed by atoms with E-state index in [2.05, 4.69) is 129 Å². The fourth-order valence-electron chi connectivity index (χ4n) is 7.47. The van der Waals surface area contributed by atoms with Gasteiger partial charge in [-0.1, -0.05) is 141 Å². The highest BCUT2D eigenvalue weighted by Gasteiger charge is 2.37. The molecule has 50 heavy (non-hydrogen) atoms. The Kier molecular flexibility index (Phi) is 6.82. The summed E-state index contributed by atoms with van der Waals surface area (Å²) in [6, 6.07) is 54.5. The number of rotatable bonds is 4. The molecule has 1 aromatic heterocycles. The van der Waals surface area contributed by atoms with Gasteiger partial charge >= 0.3 is 0 Å². The fourth-order valence-corrected chi connectivity index (χ4v) is 7.47. The highest BCUT2D eigenvalue weighted by atomic mass is 16.5. The Hall–Kier alpha value is -6.57. The molecule has 0 saturated carbocycles. The highest BCUT2D eigenvalue weighted by Crippen LogP contribution is 2.53. The van der Waals surface area contributed by atoms with E-state index in [1.807, 2.05) is 42.5 Å². The standard InChI is InChI=1S/C46H31N3O/c1-46(2)39-18-10-17-36(44(39)50-41-20-9-13-34(28-47)42(41)46)35-14-5-6-15-37(35)45-48-40-19-8-7-16-38(40)43(49-45)31-24-21-30(22-25-31)33-26-23-29-11-3-4-12-32(29)27-33/h3-27H,1-2H3. The second-order valence-electron chi connectivity index (χ2n) is 13.3. The van der Waals surface area contributed by atoms with E-state index in [1.54, 1.807) is 0 Å². The van der Waals surface area contributed by atoms with Gasteiger partial charge < -0.3 is 4.74 Å². The molecule has 8 aromatic rings. The SMILES string of the molecule is CC1(C)c2cccc(-c3ccccc3-c3nc(-c4ccc(-c5ccc6ccccc6c5)cc4)c4ccccc4n3)c2Oc2cccc(C#N)c21. The van der Waals surface area contributed by atoms with E-state index in [-0.39, 0.29) is 0 Å². The minimum atomic E-state index is -0.439. The molecule has 0 spiro atoms. The van der Waals surface area contributed by atoms with Crippen LogP contribution in [-0.4, -0.2) is 9.97 Å². The van der Waals surface area contributed by atoms with E-state index in [9.17, 15) is 5.26 Å². The summed E-state index contributed by atoms with van der Waals surface area (Å²) in [5.41, 5.74) is 10.1. The molecule has 9 rings (SSSR count). The molecular formula is C46H31N3O. The van der Waals surface area contributed by atoms with E-state index in [4.69, 9.17) is 14.7 Å². The Morgan fingerprint density at radius 1 is 0.580 bits per heavy atom. The third kappa shape index (κ3) is 4.75. The minimum Gasteiger partial charge on any atom is -0.456 e. The molecular weight excluding hydrogens is 611 g/mol. The lowest BCUT2D eigenvalue weighted by atomic mass is 9.73. The number of nitrogens with zero attached hydrogens (tertiary/aromatic N) is 3. The molecule has 0 amide bonds. The summed E-state index contributed by atoms with van der Waals surface area (Å²) in [5, 5.41) is 13.4. The average molecular weight is 642 g/mol. The lowest BCUT2D eigenvalue weighted by Gasteiger charge is -2.36. The van der Waals surface area contributed by atoms with Crippen molar-refractivity contribution in [1.82, 2.24) is 9.97 Å². The zero-order valence-electron chi connectivity index (χ0n) is 27.7. The first kappa shape index (κ1) is 29.6. The summed E-state index contributed by atoms with van der Waals surface area (Å²) in [5.74, 6) is 2.15. The first-order valence-corrected chi connectivity index (χ1v) is 16.8. The Labute approximate surface area is 290 Å². The van der Waals surface area contributed by atoms with Gasteiger partial charge in [0.25, 0.3) is 0 Å². The number of fused-ring (bicyclic) bond motifs is 4. The van der Waals surface area contributed by atoms with Crippen LogP contribution < -0.4 is 4.74 Å². The van der Waals surface area contributed by atoms with E-state index in [0.717, 1.165) is 61.3 Å². The summed E-state index contributed by atoms with van der Waals surface area (Å²) in [7, 11) is 0. The predicted octanol–water partition coefficient (Wildman–Crippen LogP) is 11.8. The van der Waals surface area contributed by atoms with Crippen LogP contribution in [0.25, 0.3) is 66.6 Å². The van der Waals surface area contributed by atoms with Crippen molar-refractivity contribution in [3.05, 3.63) is 168 Å². The normalized spacial score (nSPS) is 12.9. The van der Waals surface area contributed by atoms with E-state index >= 15 is 0 Å². The van der Waals surface area contributed by atoms with Crippen LogP contribution >= 0.6 is 0 Å². The number of nitriles is 1. The van der Waals surface area contributed by atoms with Crippen LogP contribution in [0.15, 0.2) is 152 Å². The Morgan fingerprint density at radius 2 is 1.26 bits per heavy atom. The molecule has 1 aliphatic rings. The molecule has 4 heteroatoms. The molecule has 0 N–H and O–H groups in total. The number of hydrogen-bond donors (Lipinski definition) is 0. The summed E-state index contributed by atoms with van der Waals surface area (Å²) in [6.07, 6.45) is 0. The summed E-state index contributed by atoms with van der Waals surface area (Å²) in [4.78, 5) is 10.4. The fraction of sp³-hybridized carbons (Fsp3) is 0.0652. The van der Waals surface area contributed by atoms with Crippen LogP contribution in [0.4, 0.5) is 0 Å². The van der Waals surface area contributed by atoms with Gasteiger partial charge in [-0.3, -0.25) is 0 Å². The van der Waals surface area contributed by atoms with Gasteiger partial charge in [-0.25, -0.2) is 9.97 Å². The van der Waals surface area contributed by atoms with Crippen molar-refractivity contribution in [1.29, 1.82) is 5.26 Å². The number of hydrogen-bond acceptors (Lipinski definition) is 4. The smallest absolute Gasteiger partial charge is 0.161 e. The van der Waals surface area contributed by atoms with Crippen LogP contribution in [0.3, 0.4) is 0 Å². The number of aromatic nitrogens is 2. The van der Waals surface area contributed by atoms with Crippen molar-refractivity contribution >= 4 is 21.7 Å². The first-order valence-electron chi connectivity index (χ1n) is 16.8. The van der Waals surface area contributed by atoms with Gasteiger partial charge in [0, 0.05) is 38.6 Å². The van der Waals surface area contributed by atoms with Crippen molar-refractivity contribution in [3.63, 3.8) is 0 Å². The molecule has 1 aliphatic heterocycles. The van der Waals surface area contributed by atoms with Crippen molar-refractivity contribution < 1.29 is 4.74 Å². The number of para-hydroxylation sites is 2. The summed E-state index contributed by atoms with van der Waals surface area (Å²) in [6.45, 7) is 4.32. The van der Waals surface area contributed by atoms with E-state index in [0.29, 0.717) is 17.1 Å². The molecule has 2 heterocycles. The Balaban J connectivity index is 1.17. The van der Waals surface area contributed by atoms with E-state index < -0.39 is 5.41 Å². The first-order chi connectivity index (χ1) is 24.5. The second kappa shape index (κ2) is 11.5. The maximum atomic E-state index is 9.93. The van der Waals surface area contributed by atoms with Crippen LogP contribution in [-0.2, 0) is 5.41 Å². The minimum absolute atomic E-state index is 0.439. The lowest BCUT2D eigenvalue weighted by Crippen LogP contribution is -2.26. The van der Waals surface area contributed by atoms with Crippen LogP contribution in [0, 0.1) is 11.3 Å². The molecule has 0 unspecified atom stereocenters. The third-order valence-corrected chi connectivity index (χ3v) is 9.97. The summed E-state index contributed by atoms with van der Waals surface area (Å²) < 4.78 is 6.67. The average Bonchev–Trinajstić information content (AvgIpc) is 3.17. The molecule has 236 valence electrons. The molecule has 0 atom stereocenters. The lowest BCUT2D eigenvalue weighted by molar-refractivity contribution is 0.419. The van der Waals surface area contributed by atoms with E-state index in [1.165, 1.54) is 16.3 Å². The van der Waals surface area contributed by atoms with Gasteiger partial charge in [0.2, 0.25) is 0 Å². The second-order valence-corrected chi connectivity index (χ2v) is 13.3. The van der Waals surface area contributed by atoms with Gasteiger partial charge in [0.1, 0.15) is 11.5 Å². The van der Waals surface area contributed by atoms with Gasteiger partial charge in [0.15, 0.2) is 5.82 Å². The monoisotopic (exact) mass is 641 g/mol. The number of ether oxygens (including phenoxy) is 1.